The zero-order chi connectivity index (χ0) is 25.1. The number of aromatic amines is 1. The molecule has 1 amide bonds. The molecule has 5 rings (SSSR count). The number of aromatic nitrogens is 1. The maximum Gasteiger partial charge on any atom is 0.223 e. The summed E-state index contributed by atoms with van der Waals surface area (Å²) in [6.07, 6.45) is 2.27. The lowest BCUT2D eigenvalue weighted by Gasteiger charge is -2.37. The molecule has 1 atom stereocenters. The molecule has 2 heterocycles. The minimum Gasteiger partial charge on any atom is -0.493 e. The second-order valence-corrected chi connectivity index (χ2v) is 8.95. The minimum atomic E-state index is -0.234. The van der Waals surface area contributed by atoms with E-state index in [1.165, 1.54) is 6.07 Å². The Kier molecular flexibility index (Phi) is 6.80. The van der Waals surface area contributed by atoms with E-state index in [9.17, 15) is 9.18 Å². The molecule has 0 spiro atoms. The molecule has 1 fully saturated rings. The van der Waals surface area contributed by atoms with Crippen molar-refractivity contribution in [1.82, 2.24) is 9.88 Å². The third-order valence-corrected chi connectivity index (χ3v) is 7.01. The molecule has 36 heavy (non-hydrogen) atoms. The number of halogens is 1. The Hall–Kier alpha value is -4.00. The fourth-order valence-corrected chi connectivity index (χ4v) is 5.16. The Balaban J connectivity index is 1.42. The molecule has 0 radical (unpaired) electrons. The first-order valence-electron chi connectivity index (χ1n) is 12.1. The van der Waals surface area contributed by atoms with Crippen molar-refractivity contribution in [3.63, 3.8) is 0 Å². The number of carbonyl (C=O) groups excluding carboxylic acids is 1. The van der Waals surface area contributed by atoms with Crippen molar-refractivity contribution in [2.75, 3.05) is 45.3 Å². The molecule has 0 aliphatic carbocycles. The number of nitrogens with zero attached hydrogens (tertiary/aromatic N) is 2. The van der Waals surface area contributed by atoms with Crippen LogP contribution in [0.25, 0.3) is 10.9 Å². The predicted octanol–water partition coefficient (Wildman–Crippen LogP) is 5.20. The molecule has 1 aliphatic rings. The molecule has 6 nitrogen and oxygen atoms in total. The molecule has 0 bridgehead atoms. The summed E-state index contributed by atoms with van der Waals surface area (Å²) in [5.74, 6) is 0.853. The number of nitrogens with one attached hydrogen (secondary N) is 1. The van der Waals surface area contributed by atoms with Gasteiger partial charge in [-0.25, -0.2) is 4.39 Å². The number of H-pyrrole nitrogens is 1. The zero-order valence-electron chi connectivity index (χ0n) is 20.5. The van der Waals surface area contributed by atoms with Crippen LogP contribution < -0.4 is 14.4 Å². The number of hydrogen-bond donors (Lipinski definition) is 1. The van der Waals surface area contributed by atoms with E-state index in [2.05, 4.69) is 11.1 Å². The number of para-hydroxylation sites is 3. The van der Waals surface area contributed by atoms with E-state index in [1.807, 2.05) is 58.5 Å². The summed E-state index contributed by atoms with van der Waals surface area (Å²) in [5.41, 5.74) is 3.54. The number of benzene rings is 3. The number of hydrogen-bond acceptors (Lipinski definition) is 4. The normalized spacial score (nSPS) is 14.6. The second kappa shape index (κ2) is 10.3. The van der Waals surface area contributed by atoms with E-state index in [4.69, 9.17) is 9.47 Å². The molecular weight excluding hydrogens is 457 g/mol. The van der Waals surface area contributed by atoms with Gasteiger partial charge in [0.1, 0.15) is 5.82 Å². The Bertz CT molecular complexity index is 1360. The first-order valence-corrected chi connectivity index (χ1v) is 12.1. The maximum atomic E-state index is 14.3. The zero-order valence-corrected chi connectivity index (χ0v) is 20.5. The van der Waals surface area contributed by atoms with Crippen molar-refractivity contribution >= 4 is 22.5 Å². The molecule has 1 saturated heterocycles. The Morgan fingerprint density at radius 3 is 2.42 bits per heavy atom. The van der Waals surface area contributed by atoms with Crippen LogP contribution in [0.1, 0.15) is 23.5 Å². The lowest BCUT2D eigenvalue weighted by Crippen LogP contribution is -2.49. The van der Waals surface area contributed by atoms with Crippen LogP contribution in [0.3, 0.4) is 0 Å². The van der Waals surface area contributed by atoms with Gasteiger partial charge in [-0.1, -0.05) is 42.5 Å². The number of fused-ring (bicyclic) bond motifs is 1. The minimum absolute atomic E-state index is 0.0586. The molecule has 0 saturated carbocycles. The SMILES string of the molecule is COc1cccc([C@H](CC(=O)N2CCN(c3ccccc3F)CC2)c2c[nH]c3ccccc23)c1OC. The van der Waals surface area contributed by atoms with E-state index in [-0.39, 0.29) is 24.1 Å². The van der Waals surface area contributed by atoms with Crippen LogP contribution in [-0.2, 0) is 4.79 Å². The van der Waals surface area contributed by atoms with E-state index >= 15 is 0 Å². The fraction of sp³-hybridized carbons (Fsp3) is 0.276. The number of ether oxygens (including phenoxy) is 2. The lowest BCUT2D eigenvalue weighted by atomic mass is 9.87. The van der Waals surface area contributed by atoms with E-state index in [1.54, 1.807) is 26.4 Å². The standard InChI is InChI=1S/C29H30FN3O3/c1-35-27-13-7-9-21(29(27)36-2)22(23-19-31-25-11-5-3-8-20(23)25)18-28(34)33-16-14-32(15-17-33)26-12-6-4-10-24(26)30/h3-13,19,22,31H,14-18H2,1-2H3/t22-/m0/s1. The van der Waals surface area contributed by atoms with Crippen LogP contribution >= 0.6 is 0 Å². The van der Waals surface area contributed by atoms with Crippen molar-refractivity contribution in [1.29, 1.82) is 0 Å². The van der Waals surface area contributed by atoms with Crippen molar-refractivity contribution in [2.24, 2.45) is 0 Å². The van der Waals surface area contributed by atoms with Gasteiger partial charge in [-0.3, -0.25) is 4.79 Å². The van der Waals surface area contributed by atoms with Crippen molar-refractivity contribution < 1.29 is 18.7 Å². The summed E-state index contributed by atoms with van der Waals surface area (Å²) in [6, 6.07) is 20.7. The topological polar surface area (TPSA) is 57.8 Å². The van der Waals surface area contributed by atoms with Gasteiger partial charge in [0, 0.05) is 61.2 Å². The van der Waals surface area contributed by atoms with Crippen molar-refractivity contribution in [3.8, 4) is 11.5 Å². The third-order valence-electron chi connectivity index (χ3n) is 7.01. The first kappa shape index (κ1) is 23.7. The van der Waals surface area contributed by atoms with Crippen LogP contribution in [0, 0.1) is 5.82 Å². The third kappa shape index (κ3) is 4.49. The summed E-state index contributed by atoms with van der Waals surface area (Å²) in [5, 5.41) is 1.07. The average Bonchev–Trinajstić information content (AvgIpc) is 3.35. The number of methoxy groups -OCH3 is 2. The van der Waals surface area contributed by atoms with Gasteiger partial charge in [-0.2, -0.15) is 0 Å². The van der Waals surface area contributed by atoms with Gasteiger partial charge < -0.3 is 24.3 Å². The predicted molar refractivity (Wildman–Crippen MR) is 139 cm³/mol. The van der Waals surface area contributed by atoms with Gasteiger partial charge in [-0.15, -0.1) is 0 Å². The molecule has 1 N–H and O–H groups in total. The fourth-order valence-electron chi connectivity index (χ4n) is 5.16. The molecule has 1 aliphatic heterocycles. The maximum absolute atomic E-state index is 14.3. The Morgan fingerprint density at radius 1 is 0.917 bits per heavy atom. The monoisotopic (exact) mass is 487 g/mol. The Morgan fingerprint density at radius 2 is 1.67 bits per heavy atom. The number of carbonyl (C=O) groups is 1. The van der Waals surface area contributed by atoms with E-state index < -0.39 is 0 Å². The molecule has 0 unspecified atom stereocenters. The Labute approximate surface area is 210 Å². The molecule has 7 heteroatoms. The van der Waals surface area contributed by atoms with Crippen LogP contribution in [-0.4, -0.2) is 56.2 Å². The molecular formula is C29H30FN3O3. The first-order chi connectivity index (χ1) is 17.6. The lowest BCUT2D eigenvalue weighted by molar-refractivity contribution is -0.131. The highest BCUT2D eigenvalue weighted by Crippen LogP contribution is 2.42. The highest BCUT2D eigenvalue weighted by Gasteiger charge is 2.29. The smallest absolute Gasteiger partial charge is 0.223 e. The summed E-state index contributed by atoms with van der Waals surface area (Å²) in [7, 11) is 3.24. The van der Waals surface area contributed by atoms with Gasteiger partial charge in [0.15, 0.2) is 11.5 Å². The van der Waals surface area contributed by atoms with Gasteiger partial charge in [0.25, 0.3) is 0 Å². The summed E-state index contributed by atoms with van der Waals surface area (Å²) >= 11 is 0. The summed E-state index contributed by atoms with van der Waals surface area (Å²) < 4.78 is 25.6. The van der Waals surface area contributed by atoms with Gasteiger partial charge in [0.2, 0.25) is 5.91 Å². The quantitative estimate of drug-likeness (QED) is 0.390. The van der Waals surface area contributed by atoms with Crippen LogP contribution in [0.4, 0.5) is 10.1 Å². The average molecular weight is 488 g/mol. The summed E-state index contributed by atoms with van der Waals surface area (Å²) in [6.45, 7) is 2.27. The number of amides is 1. The largest absolute Gasteiger partial charge is 0.493 e. The number of anilines is 1. The number of piperazine rings is 1. The van der Waals surface area contributed by atoms with Crippen molar-refractivity contribution in [2.45, 2.75) is 12.3 Å². The second-order valence-electron chi connectivity index (χ2n) is 8.95. The van der Waals surface area contributed by atoms with E-state index in [0.29, 0.717) is 43.4 Å². The number of rotatable bonds is 7. The summed E-state index contributed by atoms with van der Waals surface area (Å²) in [4.78, 5) is 20.9. The van der Waals surface area contributed by atoms with Crippen LogP contribution in [0.2, 0.25) is 0 Å². The highest BCUT2D eigenvalue weighted by molar-refractivity contribution is 5.86. The van der Waals surface area contributed by atoms with Gasteiger partial charge in [-0.05, 0) is 29.8 Å². The molecule has 3 aromatic carbocycles. The van der Waals surface area contributed by atoms with E-state index in [0.717, 1.165) is 22.0 Å². The highest BCUT2D eigenvalue weighted by atomic mass is 19.1. The van der Waals surface area contributed by atoms with Gasteiger partial charge >= 0.3 is 0 Å². The molecule has 1 aromatic heterocycles. The molecule has 186 valence electrons. The van der Waals surface area contributed by atoms with Crippen molar-refractivity contribution in [3.05, 3.63) is 89.9 Å². The molecule has 4 aromatic rings. The van der Waals surface area contributed by atoms with Gasteiger partial charge in [0.05, 0.1) is 19.9 Å². The van der Waals surface area contributed by atoms with Crippen LogP contribution in [0.5, 0.6) is 11.5 Å². The van der Waals surface area contributed by atoms with Crippen LogP contribution in [0.15, 0.2) is 72.9 Å².